The molecule has 0 saturated heterocycles. The molecule has 3 heteroatoms. The predicted molar refractivity (Wildman–Crippen MR) is 78.1 cm³/mol. The zero-order valence-corrected chi connectivity index (χ0v) is 12.4. The van der Waals surface area contributed by atoms with Gasteiger partial charge >= 0.3 is 0 Å². The maximum atomic E-state index is 11.1. The topological polar surface area (TPSA) is 38.7 Å². The summed E-state index contributed by atoms with van der Waals surface area (Å²) < 4.78 is 11.4. The molecule has 3 unspecified atom stereocenters. The summed E-state index contributed by atoms with van der Waals surface area (Å²) in [5.74, 6) is 2.55. The average molecular weight is 276 g/mol. The molecule has 1 heterocycles. The van der Waals surface area contributed by atoms with E-state index in [4.69, 9.17) is 9.47 Å². The van der Waals surface area contributed by atoms with Gasteiger partial charge in [0.15, 0.2) is 11.5 Å². The minimum absolute atomic E-state index is 0.274. The fourth-order valence-electron chi connectivity index (χ4n) is 3.49. The summed E-state index contributed by atoms with van der Waals surface area (Å²) in [5.41, 5.74) is 0.248. The van der Waals surface area contributed by atoms with Crippen molar-refractivity contribution in [2.45, 2.75) is 45.1 Å². The number of rotatable bonds is 1. The number of benzene rings is 1. The highest BCUT2D eigenvalue weighted by Gasteiger charge is 2.40. The summed E-state index contributed by atoms with van der Waals surface area (Å²) in [6, 6.07) is 5.92. The molecule has 0 bridgehead atoms. The minimum atomic E-state index is -0.725. The summed E-state index contributed by atoms with van der Waals surface area (Å²) in [4.78, 5) is 0. The van der Waals surface area contributed by atoms with Gasteiger partial charge in [-0.15, -0.1) is 0 Å². The van der Waals surface area contributed by atoms with Crippen molar-refractivity contribution >= 4 is 0 Å². The van der Waals surface area contributed by atoms with Crippen molar-refractivity contribution < 1.29 is 14.6 Å². The van der Waals surface area contributed by atoms with Gasteiger partial charge in [0.05, 0.1) is 18.8 Å². The lowest BCUT2D eigenvalue weighted by molar-refractivity contribution is -0.0589. The lowest BCUT2D eigenvalue weighted by Crippen LogP contribution is -2.38. The number of hydrogen-bond donors (Lipinski definition) is 1. The van der Waals surface area contributed by atoms with Crippen molar-refractivity contribution in [3.05, 3.63) is 23.8 Å². The summed E-state index contributed by atoms with van der Waals surface area (Å²) in [6.45, 7) is 5.80. The van der Waals surface area contributed by atoms with Gasteiger partial charge in [-0.25, -0.2) is 0 Å². The van der Waals surface area contributed by atoms with Crippen LogP contribution in [0.2, 0.25) is 0 Å². The van der Waals surface area contributed by atoms with Gasteiger partial charge in [0.25, 0.3) is 0 Å². The number of aliphatic hydroxyl groups is 1. The van der Waals surface area contributed by atoms with Gasteiger partial charge < -0.3 is 14.6 Å². The van der Waals surface area contributed by atoms with E-state index in [-0.39, 0.29) is 5.92 Å². The molecule has 3 atom stereocenters. The van der Waals surface area contributed by atoms with E-state index in [1.165, 1.54) is 0 Å². The van der Waals surface area contributed by atoms with E-state index in [0.717, 1.165) is 42.7 Å². The van der Waals surface area contributed by atoms with E-state index in [2.05, 4.69) is 13.8 Å². The molecule has 0 aromatic heterocycles. The van der Waals surface area contributed by atoms with Crippen LogP contribution in [0.4, 0.5) is 0 Å². The number of hydrogen-bond acceptors (Lipinski definition) is 3. The number of fused-ring (bicyclic) bond motifs is 1. The van der Waals surface area contributed by atoms with Crippen LogP contribution in [0.1, 0.15) is 45.1 Å². The fourth-order valence-corrected chi connectivity index (χ4v) is 3.49. The van der Waals surface area contributed by atoms with Crippen molar-refractivity contribution in [2.24, 2.45) is 11.8 Å². The van der Waals surface area contributed by atoms with E-state index >= 15 is 0 Å². The molecule has 0 spiro atoms. The molecule has 1 aromatic carbocycles. The van der Waals surface area contributed by atoms with Crippen LogP contribution in [0.15, 0.2) is 18.2 Å². The molecule has 1 saturated carbocycles. The molecule has 3 nitrogen and oxygen atoms in total. The second-order valence-corrected chi connectivity index (χ2v) is 6.42. The van der Waals surface area contributed by atoms with Crippen LogP contribution >= 0.6 is 0 Å². The van der Waals surface area contributed by atoms with E-state index in [1.54, 1.807) is 0 Å². The van der Waals surface area contributed by atoms with Crippen LogP contribution in [0.5, 0.6) is 11.5 Å². The highest BCUT2D eigenvalue weighted by Crippen LogP contribution is 2.45. The van der Waals surface area contributed by atoms with E-state index in [0.29, 0.717) is 19.1 Å². The van der Waals surface area contributed by atoms with Crippen LogP contribution < -0.4 is 9.47 Å². The van der Waals surface area contributed by atoms with Crippen LogP contribution in [0, 0.1) is 11.8 Å². The third kappa shape index (κ3) is 2.39. The highest BCUT2D eigenvalue weighted by molar-refractivity contribution is 5.45. The first-order chi connectivity index (χ1) is 9.59. The van der Waals surface area contributed by atoms with Crippen LogP contribution in [0.25, 0.3) is 0 Å². The molecule has 110 valence electrons. The first-order valence-electron chi connectivity index (χ1n) is 7.72. The largest absolute Gasteiger partial charge is 0.490 e. The van der Waals surface area contributed by atoms with Crippen molar-refractivity contribution in [1.82, 2.24) is 0 Å². The maximum Gasteiger partial charge on any atom is 0.161 e. The Hall–Kier alpha value is -1.22. The fraction of sp³-hybridized carbons (Fsp3) is 0.647. The Kier molecular flexibility index (Phi) is 3.63. The Bertz CT molecular complexity index is 485. The molecule has 1 aromatic rings. The quantitative estimate of drug-likeness (QED) is 0.853. The summed E-state index contributed by atoms with van der Waals surface area (Å²) in [7, 11) is 0. The van der Waals surface area contributed by atoms with Gasteiger partial charge in [-0.05, 0) is 48.8 Å². The molecule has 1 fully saturated rings. The Morgan fingerprint density at radius 2 is 1.90 bits per heavy atom. The first-order valence-corrected chi connectivity index (χ1v) is 7.72. The van der Waals surface area contributed by atoms with Gasteiger partial charge in [0.2, 0.25) is 0 Å². The average Bonchev–Trinajstić information content (AvgIpc) is 2.67. The minimum Gasteiger partial charge on any atom is -0.490 e. The smallest absolute Gasteiger partial charge is 0.161 e. The van der Waals surface area contributed by atoms with Crippen molar-refractivity contribution in [2.75, 3.05) is 13.2 Å². The standard InChI is InChI=1S/C17H24O3/c1-12-6-7-17(18,13(2)10-12)14-4-5-15-16(11-14)20-9-3-8-19-15/h4-5,11-13,18H,3,6-10H2,1-2H3. The first kappa shape index (κ1) is 13.7. The SMILES string of the molecule is CC1CCC(O)(c2ccc3c(c2)OCCCO3)C(C)C1. The Morgan fingerprint density at radius 1 is 1.15 bits per heavy atom. The van der Waals surface area contributed by atoms with E-state index in [1.807, 2.05) is 18.2 Å². The molecule has 1 aliphatic heterocycles. The third-order valence-corrected chi connectivity index (χ3v) is 4.84. The lowest BCUT2D eigenvalue weighted by atomic mass is 9.69. The normalized spacial score (nSPS) is 33.5. The van der Waals surface area contributed by atoms with Crippen molar-refractivity contribution in [3.63, 3.8) is 0 Å². The van der Waals surface area contributed by atoms with Crippen molar-refractivity contribution in [1.29, 1.82) is 0 Å². The second-order valence-electron chi connectivity index (χ2n) is 6.42. The molecule has 0 radical (unpaired) electrons. The van der Waals surface area contributed by atoms with E-state index in [9.17, 15) is 5.11 Å². The maximum absolute atomic E-state index is 11.1. The van der Waals surface area contributed by atoms with Crippen LogP contribution in [0.3, 0.4) is 0 Å². The summed E-state index contributed by atoms with van der Waals surface area (Å²) in [5, 5.41) is 11.1. The monoisotopic (exact) mass is 276 g/mol. The zero-order chi connectivity index (χ0) is 14.2. The Labute approximate surface area is 120 Å². The molecule has 3 rings (SSSR count). The van der Waals surface area contributed by atoms with Crippen molar-refractivity contribution in [3.8, 4) is 11.5 Å². The third-order valence-electron chi connectivity index (χ3n) is 4.84. The van der Waals surface area contributed by atoms with Gasteiger partial charge in [-0.1, -0.05) is 19.9 Å². The summed E-state index contributed by atoms with van der Waals surface area (Å²) >= 11 is 0. The predicted octanol–water partition coefficient (Wildman–Crippen LogP) is 3.49. The molecule has 20 heavy (non-hydrogen) atoms. The highest BCUT2D eigenvalue weighted by atomic mass is 16.5. The molecule has 2 aliphatic rings. The second kappa shape index (κ2) is 5.28. The molecule has 1 N–H and O–H groups in total. The molecule has 0 amide bonds. The van der Waals surface area contributed by atoms with Crippen LogP contribution in [-0.4, -0.2) is 18.3 Å². The number of ether oxygens (including phenoxy) is 2. The lowest BCUT2D eigenvalue weighted by Gasteiger charge is -2.41. The van der Waals surface area contributed by atoms with Crippen LogP contribution in [-0.2, 0) is 5.60 Å². The Morgan fingerprint density at radius 3 is 2.65 bits per heavy atom. The molecule has 1 aliphatic carbocycles. The van der Waals surface area contributed by atoms with Gasteiger partial charge in [0, 0.05) is 6.42 Å². The summed E-state index contributed by atoms with van der Waals surface area (Å²) in [6.07, 6.45) is 3.89. The van der Waals surface area contributed by atoms with Gasteiger partial charge in [0.1, 0.15) is 0 Å². The molecular formula is C17H24O3. The van der Waals surface area contributed by atoms with Gasteiger partial charge in [-0.2, -0.15) is 0 Å². The Balaban J connectivity index is 1.92. The molecular weight excluding hydrogens is 252 g/mol. The van der Waals surface area contributed by atoms with E-state index < -0.39 is 5.60 Å². The zero-order valence-electron chi connectivity index (χ0n) is 12.4. The van der Waals surface area contributed by atoms with Gasteiger partial charge in [-0.3, -0.25) is 0 Å².